The lowest BCUT2D eigenvalue weighted by molar-refractivity contribution is 0.0694. The Hall–Kier alpha value is -4.00. The monoisotopic (exact) mass is 445 g/mol. The van der Waals surface area contributed by atoms with Crippen molar-refractivity contribution in [3.05, 3.63) is 47.5 Å². The standard InChI is InChI=1S/C22H15N3O4.2C2H6/c1-24-14-6-4-10(27)8-12(14)16-18-17(21(28)25(2)22(18)29)15-11-7-9(26)3-5-13(11)23-19(15)20(16)24;2*1-2/h3-8,23,26-27H,1-2H3;2*1-2H3. The molecule has 1 aliphatic rings. The average molecular weight is 446 g/mol. The minimum atomic E-state index is -0.377. The molecule has 3 heterocycles. The molecule has 5 aromatic rings. The molecule has 0 saturated carbocycles. The molecule has 33 heavy (non-hydrogen) atoms. The second kappa shape index (κ2) is 7.85. The number of phenols is 2. The molecule has 0 radical (unpaired) electrons. The molecule has 3 aromatic carbocycles. The number of hydrogen-bond acceptors (Lipinski definition) is 4. The molecule has 0 fully saturated rings. The van der Waals surface area contributed by atoms with E-state index in [1.165, 1.54) is 7.05 Å². The Balaban J connectivity index is 0.000000617. The van der Waals surface area contributed by atoms with Gasteiger partial charge in [0.05, 0.1) is 22.2 Å². The van der Waals surface area contributed by atoms with Gasteiger partial charge in [-0.1, -0.05) is 27.7 Å². The lowest BCUT2D eigenvalue weighted by Crippen LogP contribution is -2.24. The minimum Gasteiger partial charge on any atom is -0.508 e. The molecule has 0 spiro atoms. The SMILES string of the molecule is CC.CC.CN1C(=O)c2c(c3c4cc(O)ccc4n(C)c3c3[nH]c4ccc(O)cc4c23)C1=O. The fourth-order valence-corrected chi connectivity index (χ4v) is 4.70. The first-order valence-electron chi connectivity index (χ1n) is 11.1. The number of rotatable bonds is 0. The van der Waals surface area contributed by atoms with E-state index < -0.39 is 0 Å². The number of amides is 2. The Morgan fingerprint density at radius 2 is 1.30 bits per heavy atom. The number of aromatic hydroxyl groups is 2. The normalized spacial score (nSPS) is 12.8. The van der Waals surface area contributed by atoms with Crippen molar-refractivity contribution < 1.29 is 19.8 Å². The fourth-order valence-electron chi connectivity index (χ4n) is 4.70. The number of benzene rings is 3. The maximum absolute atomic E-state index is 13.1. The van der Waals surface area contributed by atoms with E-state index in [0.29, 0.717) is 38.2 Å². The Labute approximate surface area is 190 Å². The van der Waals surface area contributed by atoms with Gasteiger partial charge in [-0.15, -0.1) is 0 Å². The summed E-state index contributed by atoms with van der Waals surface area (Å²) in [6.45, 7) is 8.00. The molecule has 2 aromatic heterocycles. The zero-order valence-electron chi connectivity index (χ0n) is 19.6. The van der Waals surface area contributed by atoms with Gasteiger partial charge in [0.2, 0.25) is 0 Å². The number of aromatic amines is 1. The summed E-state index contributed by atoms with van der Waals surface area (Å²) in [6.07, 6.45) is 0. The molecule has 0 bridgehead atoms. The predicted molar refractivity (Wildman–Crippen MR) is 132 cm³/mol. The van der Waals surface area contributed by atoms with Gasteiger partial charge in [0.25, 0.3) is 11.8 Å². The number of H-pyrrole nitrogens is 1. The third kappa shape index (κ3) is 2.81. The summed E-state index contributed by atoms with van der Waals surface area (Å²) in [7, 11) is 3.36. The molecule has 1 aliphatic heterocycles. The van der Waals surface area contributed by atoms with Crippen LogP contribution in [0.15, 0.2) is 36.4 Å². The summed E-state index contributed by atoms with van der Waals surface area (Å²) in [5.74, 6) is -0.578. The maximum atomic E-state index is 13.1. The molecule has 2 amide bonds. The van der Waals surface area contributed by atoms with Crippen molar-refractivity contribution in [2.24, 2.45) is 7.05 Å². The molecule has 0 atom stereocenters. The number of imide groups is 1. The van der Waals surface area contributed by atoms with Crippen LogP contribution in [0.25, 0.3) is 43.6 Å². The molecule has 3 N–H and O–H groups in total. The van der Waals surface area contributed by atoms with Crippen molar-refractivity contribution in [1.29, 1.82) is 0 Å². The van der Waals surface area contributed by atoms with E-state index in [1.54, 1.807) is 36.4 Å². The van der Waals surface area contributed by atoms with E-state index >= 15 is 0 Å². The zero-order chi connectivity index (χ0) is 24.2. The van der Waals surface area contributed by atoms with Gasteiger partial charge in [0, 0.05) is 46.7 Å². The average Bonchev–Trinajstić information content (AvgIpc) is 3.41. The fraction of sp³-hybridized carbons (Fsp3) is 0.231. The van der Waals surface area contributed by atoms with Crippen molar-refractivity contribution in [1.82, 2.24) is 14.5 Å². The summed E-state index contributed by atoms with van der Waals surface area (Å²) in [4.78, 5) is 30.7. The Morgan fingerprint density at radius 3 is 1.94 bits per heavy atom. The Bertz CT molecular complexity index is 1590. The third-order valence-electron chi connectivity index (χ3n) is 5.99. The highest BCUT2D eigenvalue weighted by Crippen LogP contribution is 2.45. The van der Waals surface area contributed by atoms with Crippen LogP contribution in [0.2, 0.25) is 0 Å². The number of nitrogens with zero attached hydrogens (tertiary/aromatic N) is 2. The first-order chi connectivity index (χ1) is 15.9. The van der Waals surface area contributed by atoms with Gasteiger partial charge in [0.15, 0.2) is 0 Å². The van der Waals surface area contributed by atoms with Crippen LogP contribution in [0.4, 0.5) is 0 Å². The van der Waals surface area contributed by atoms with Gasteiger partial charge < -0.3 is 19.8 Å². The summed E-state index contributed by atoms with van der Waals surface area (Å²) in [5, 5.41) is 22.7. The minimum absolute atomic E-state index is 0.0827. The van der Waals surface area contributed by atoms with Crippen LogP contribution in [0.5, 0.6) is 11.5 Å². The molecule has 0 unspecified atom stereocenters. The number of carbonyl (C=O) groups excluding carboxylic acids is 2. The molecule has 170 valence electrons. The van der Waals surface area contributed by atoms with Crippen LogP contribution in [0, 0.1) is 0 Å². The highest BCUT2D eigenvalue weighted by Gasteiger charge is 2.39. The van der Waals surface area contributed by atoms with Gasteiger partial charge in [-0.25, -0.2) is 0 Å². The molecular weight excluding hydrogens is 418 g/mol. The summed E-state index contributed by atoms with van der Waals surface area (Å²) >= 11 is 0. The molecule has 7 nitrogen and oxygen atoms in total. The molecular formula is C26H27N3O4. The highest BCUT2D eigenvalue weighted by atomic mass is 16.3. The largest absolute Gasteiger partial charge is 0.508 e. The quantitative estimate of drug-likeness (QED) is 0.268. The molecule has 0 saturated heterocycles. The van der Waals surface area contributed by atoms with Crippen LogP contribution in [-0.2, 0) is 7.05 Å². The Kier molecular flexibility index (Phi) is 5.28. The number of fused-ring (bicyclic) bond motifs is 10. The van der Waals surface area contributed by atoms with Gasteiger partial charge in [0.1, 0.15) is 11.5 Å². The lowest BCUT2D eigenvalue weighted by Gasteiger charge is -2.05. The predicted octanol–water partition coefficient (Wildman–Crippen LogP) is 5.66. The summed E-state index contributed by atoms with van der Waals surface area (Å²) in [6, 6.07) is 9.94. The number of aryl methyl sites for hydroxylation is 1. The maximum Gasteiger partial charge on any atom is 0.262 e. The van der Waals surface area contributed by atoms with E-state index in [0.717, 1.165) is 21.5 Å². The Morgan fingerprint density at radius 1 is 0.758 bits per heavy atom. The highest BCUT2D eigenvalue weighted by molar-refractivity contribution is 6.39. The van der Waals surface area contributed by atoms with Crippen LogP contribution in [0.3, 0.4) is 0 Å². The van der Waals surface area contributed by atoms with Crippen LogP contribution in [-0.4, -0.2) is 43.5 Å². The molecule has 6 rings (SSSR count). The number of hydrogen-bond donors (Lipinski definition) is 3. The number of nitrogens with one attached hydrogen (secondary N) is 1. The van der Waals surface area contributed by atoms with Crippen molar-refractivity contribution in [2.75, 3.05) is 7.05 Å². The van der Waals surface area contributed by atoms with Crippen molar-refractivity contribution in [3.8, 4) is 11.5 Å². The van der Waals surface area contributed by atoms with E-state index in [-0.39, 0.29) is 23.3 Å². The summed E-state index contributed by atoms with van der Waals surface area (Å²) in [5.41, 5.74) is 3.74. The second-order valence-electron chi connectivity index (χ2n) is 7.51. The topological polar surface area (TPSA) is 98.6 Å². The second-order valence-corrected chi connectivity index (χ2v) is 7.51. The van der Waals surface area contributed by atoms with E-state index in [2.05, 4.69) is 4.98 Å². The van der Waals surface area contributed by atoms with E-state index in [1.807, 2.05) is 39.3 Å². The van der Waals surface area contributed by atoms with E-state index in [9.17, 15) is 19.8 Å². The van der Waals surface area contributed by atoms with Crippen molar-refractivity contribution >= 4 is 55.4 Å². The smallest absolute Gasteiger partial charge is 0.262 e. The molecule has 7 heteroatoms. The summed E-state index contributed by atoms with van der Waals surface area (Å²) < 4.78 is 1.96. The third-order valence-corrected chi connectivity index (χ3v) is 5.99. The van der Waals surface area contributed by atoms with Crippen LogP contribution >= 0.6 is 0 Å². The number of carbonyl (C=O) groups is 2. The number of phenolic OH excluding ortho intramolecular Hbond substituents is 2. The lowest BCUT2D eigenvalue weighted by atomic mass is 9.96. The number of aromatic nitrogens is 2. The molecule has 0 aliphatic carbocycles. The first-order valence-corrected chi connectivity index (χ1v) is 11.1. The zero-order valence-corrected chi connectivity index (χ0v) is 19.6. The van der Waals surface area contributed by atoms with Gasteiger partial charge >= 0.3 is 0 Å². The first kappa shape index (κ1) is 22.2. The van der Waals surface area contributed by atoms with Crippen LogP contribution in [0.1, 0.15) is 48.4 Å². The van der Waals surface area contributed by atoms with Crippen molar-refractivity contribution in [3.63, 3.8) is 0 Å². The van der Waals surface area contributed by atoms with Gasteiger partial charge in [-0.3, -0.25) is 14.5 Å². The van der Waals surface area contributed by atoms with Crippen LogP contribution < -0.4 is 0 Å². The van der Waals surface area contributed by atoms with Gasteiger partial charge in [-0.2, -0.15) is 0 Å². The van der Waals surface area contributed by atoms with E-state index in [4.69, 9.17) is 0 Å². The van der Waals surface area contributed by atoms with Crippen molar-refractivity contribution in [2.45, 2.75) is 27.7 Å². The van der Waals surface area contributed by atoms with Gasteiger partial charge in [-0.05, 0) is 36.4 Å².